The quantitative estimate of drug-likeness (QED) is 0.934. The highest BCUT2D eigenvalue weighted by Gasteiger charge is 2.14. The molecule has 0 aliphatic rings. The Morgan fingerprint density at radius 2 is 2.10 bits per heavy atom. The molecule has 0 aliphatic heterocycles. The first-order valence-electron chi connectivity index (χ1n) is 6.48. The van der Waals surface area contributed by atoms with Crippen molar-refractivity contribution in [2.75, 3.05) is 5.32 Å². The summed E-state index contributed by atoms with van der Waals surface area (Å²) in [6, 6.07) is 3.99. The summed E-state index contributed by atoms with van der Waals surface area (Å²) in [6.07, 6.45) is 1.50. The Bertz CT molecular complexity index is 689. The molecule has 21 heavy (non-hydrogen) atoms. The van der Waals surface area contributed by atoms with E-state index in [1.807, 2.05) is 13.8 Å². The van der Waals surface area contributed by atoms with E-state index in [4.69, 9.17) is 11.6 Å². The van der Waals surface area contributed by atoms with E-state index in [0.717, 1.165) is 0 Å². The fourth-order valence-corrected chi connectivity index (χ4v) is 1.94. The zero-order valence-electron chi connectivity index (χ0n) is 11.9. The van der Waals surface area contributed by atoms with Crippen LogP contribution in [-0.2, 0) is 0 Å². The number of hydrogen-bond acceptors (Lipinski definition) is 3. The zero-order valence-corrected chi connectivity index (χ0v) is 12.7. The fourth-order valence-electron chi connectivity index (χ4n) is 1.76. The van der Waals surface area contributed by atoms with Gasteiger partial charge in [-0.1, -0.05) is 25.4 Å². The third kappa shape index (κ3) is 3.55. The van der Waals surface area contributed by atoms with Gasteiger partial charge in [0.2, 0.25) is 0 Å². The van der Waals surface area contributed by atoms with Gasteiger partial charge in [-0.2, -0.15) is 0 Å². The molecule has 2 rings (SSSR count). The van der Waals surface area contributed by atoms with Gasteiger partial charge in [-0.05, 0) is 25.1 Å². The van der Waals surface area contributed by atoms with Crippen LogP contribution in [-0.4, -0.2) is 15.9 Å². The van der Waals surface area contributed by atoms with Crippen LogP contribution in [0.25, 0.3) is 0 Å². The Kier molecular flexibility index (Phi) is 4.53. The highest BCUT2D eigenvalue weighted by Crippen LogP contribution is 2.20. The SMILES string of the molecule is Cc1nc(C(C)C)ncc1C(=O)Nc1ccc(F)c(Cl)c1. The van der Waals surface area contributed by atoms with E-state index in [1.54, 1.807) is 6.92 Å². The average Bonchev–Trinajstić information content (AvgIpc) is 2.42. The Labute approximate surface area is 127 Å². The molecule has 110 valence electrons. The summed E-state index contributed by atoms with van der Waals surface area (Å²) in [5, 5.41) is 2.60. The molecule has 1 aromatic carbocycles. The van der Waals surface area contributed by atoms with Gasteiger partial charge in [0.1, 0.15) is 11.6 Å². The van der Waals surface area contributed by atoms with Crippen LogP contribution in [0.2, 0.25) is 5.02 Å². The predicted molar refractivity (Wildman–Crippen MR) is 80.2 cm³/mol. The average molecular weight is 308 g/mol. The number of nitrogens with zero attached hydrogens (tertiary/aromatic N) is 2. The lowest BCUT2D eigenvalue weighted by molar-refractivity contribution is 0.102. The van der Waals surface area contributed by atoms with Gasteiger partial charge in [-0.25, -0.2) is 14.4 Å². The van der Waals surface area contributed by atoms with E-state index in [1.165, 1.54) is 24.4 Å². The molecule has 1 heterocycles. The molecule has 1 N–H and O–H groups in total. The maximum atomic E-state index is 13.1. The molecular formula is C15H15ClFN3O. The van der Waals surface area contributed by atoms with Crippen molar-refractivity contribution in [1.82, 2.24) is 9.97 Å². The first-order valence-corrected chi connectivity index (χ1v) is 6.86. The van der Waals surface area contributed by atoms with Crippen LogP contribution in [0.1, 0.15) is 41.6 Å². The van der Waals surface area contributed by atoms with E-state index in [9.17, 15) is 9.18 Å². The Morgan fingerprint density at radius 1 is 1.38 bits per heavy atom. The summed E-state index contributed by atoms with van der Waals surface area (Å²) in [5.74, 6) is -0.00783. The number of nitrogens with one attached hydrogen (secondary N) is 1. The third-order valence-corrected chi connectivity index (χ3v) is 3.23. The van der Waals surface area contributed by atoms with Gasteiger partial charge < -0.3 is 5.32 Å². The normalized spacial score (nSPS) is 10.8. The van der Waals surface area contributed by atoms with Crippen LogP contribution in [0.5, 0.6) is 0 Å². The topological polar surface area (TPSA) is 54.9 Å². The first kappa shape index (κ1) is 15.4. The molecule has 0 aliphatic carbocycles. The standard InChI is InChI=1S/C15H15ClFN3O/c1-8(2)14-18-7-11(9(3)19-14)15(21)20-10-4-5-13(17)12(16)6-10/h4-8H,1-3H3,(H,20,21). The van der Waals surface area contributed by atoms with Crippen LogP contribution < -0.4 is 5.32 Å². The monoisotopic (exact) mass is 307 g/mol. The van der Waals surface area contributed by atoms with Gasteiger partial charge in [0, 0.05) is 17.8 Å². The molecular weight excluding hydrogens is 293 g/mol. The van der Waals surface area contributed by atoms with Gasteiger partial charge in [0.15, 0.2) is 0 Å². The summed E-state index contributed by atoms with van der Waals surface area (Å²) in [7, 11) is 0. The van der Waals surface area contributed by atoms with E-state index in [2.05, 4.69) is 15.3 Å². The van der Waals surface area contributed by atoms with E-state index in [0.29, 0.717) is 22.8 Å². The number of anilines is 1. The van der Waals surface area contributed by atoms with Crippen LogP contribution >= 0.6 is 11.6 Å². The maximum Gasteiger partial charge on any atom is 0.259 e. The summed E-state index contributed by atoms with van der Waals surface area (Å²) >= 11 is 5.68. The smallest absolute Gasteiger partial charge is 0.259 e. The molecule has 0 atom stereocenters. The molecule has 0 saturated heterocycles. The second-order valence-electron chi connectivity index (χ2n) is 4.96. The molecule has 0 radical (unpaired) electrons. The summed E-state index contributed by atoms with van der Waals surface area (Å²) in [6.45, 7) is 5.71. The largest absolute Gasteiger partial charge is 0.322 e. The second kappa shape index (κ2) is 6.18. The number of halogens is 2. The van der Waals surface area contributed by atoms with Crippen molar-refractivity contribution in [2.24, 2.45) is 0 Å². The molecule has 0 unspecified atom stereocenters. The number of aryl methyl sites for hydroxylation is 1. The highest BCUT2D eigenvalue weighted by molar-refractivity contribution is 6.31. The minimum Gasteiger partial charge on any atom is -0.322 e. The summed E-state index contributed by atoms with van der Waals surface area (Å²) in [5.41, 5.74) is 1.39. The third-order valence-electron chi connectivity index (χ3n) is 2.94. The van der Waals surface area contributed by atoms with E-state index < -0.39 is 5.82 Å². The Morgan fingerprint density at radius 3 is 2.67 bits per heavy atom. The van der Waals surface area contributed by atoms with Crippen molar-refractivity contribution < 1.29 is 9.18 Å². The lowest BCUT2D eigenvalue weighted by Gasteiger charge is -2.10. The van der Waals surface area contributed by atoms with Crippen molar-refractivity contribution in [3.8, 4) is 0 Å². The van der Waals surface area contributed by atoms with Gasteiger partial charge in [0.25, 0.3) is 5.91 Å². The minimum absolute atomic E-state index is 0.0454. The van der Waals surface area contributed by atoms with Crippen molar-refractivity contribution in [2.45, 2.75) is 26.7 Å². The van der Waals surface area contributed by atoms with Crippen LogP contribution in [0, 0.1) is 12.7 Å². The molecule has 0 fully saturated rings. The van der Waals surface area contributed by atoms with Crippen molar-refractivity contribution in [3.05, 3.63) is 52.3 Å². The van der Waals surface area contributed by atoms with Crippen LogP contribution in [0.15, 0.2) is 24.4 Å². The highest BCUT2D eigenvalue weighted by atomic mass is 35.5. The lowest BCUT2D eigenvalue weighted by Crippen LogP contribution is -2.15. The number of rotatable bonds is 3. The molecule has 6 heteroatoms. The molecule has 4 nitrogen and oxygen atoms in total. The lowest BCUT2D eigenvalue weighted by atomic mass is 10.1. The van der Waals surface area contributed by atoms with Gasteiger partial charge in [-0.15, -0.1) is 0 Å². The van der Waals surface area contributed by atoms with E-state index >= 15 is 0 Å². The fraction of sp³-hybridized carbons (Fsp3) is 0.267. The van der Waals surface area contributed by atoms with Crippen molar-refractivity contribution in [1.29, 1.82) is 0 Å². The van der Waals surface area contributed by atoms with Crippen LogP contribution in [0.3, 0.4) is 0 Å². The van der Waals surface area contributed by atoms with Gasteiger partial charge in [0.05, 0.1) is 16.3 Å². The molecule has 1 aromatic heterocycles. The number of hydrogen-bond donors (Lipinski definition) is 1. The number of benzene rings is 1. The van der Waals surface area contributed by atoms with Gasteiger partial charge in [-0.3, -0.25) is 4.79 Å². The van der Waals surface area contributed by atoms with Crippen molar-refractivity contribution in [3.63, 3.8) is 0 Å². The Hall–Kier alpha value is -2.01. The molecule has 1 amide bonds. The molecule has 0 bridgehead atoms. The molecule has 0 saturated carbocycles. The zero-order chi connectivity index (χ0) is 15.6. The minimum atomic E-state index is -0.532. The summed E-state index contributed by atoms with van der Waals surface area (Å²) < 4.78 is 13.1. The number of amides is 1. The van der Waals surface area contributed by atoms with E-state index in [-0.39, 0.29) is 16.8 Å². The number of carbonyl (C=O) groups excluding carboxylic acids is 1. The second-order valence-corrected chi connectivity index (χ2v) is 5.37. The number of carbonyl (C=O) groups is 1. The predicted octanol–water partition coefficient (Wildman–Crippen LogP) is 3.95. The maximum absolute atomic E-state index is 13.1. The molecule has 2 aromatic rings. The van der Waals surface area contributed by atoms with Crippen LogP contribution in [0.4, 0.5) is 10.1 Å². The summed E-state index contributed by atoms with van der Waals surface area (Å²) in [4.78, 5) is 20.7. The Balaban J connectivity index is 2.22. The van der Waals surface area contributed by atoms with Gasteiger partial charge >= 0.3 is 0 Å². The number of aromatic nitrogens is 2. The molecule has 0 spiro atoms. The first-order chi connectivity index (χ1) is 9.88. The van der Waals surface area contributed by atoms with Crippen molar-refractivity contribution >= 4 is 23.2 Å².